The van der Waals surface area contributed by atoms with Crippen LogP contribution < -0.4 is 5.32 Å². The van der Waals surface area contributed by atoms with E-state index >= 15 is 0 Å². The topological polar surface area (TPSA) is 32.3 Å². The van der Waals surface area contributed by atoms with E-state index in [1.165, 1.54) is 12.8 Å². The first-order valence-corrected chi connectivity index (χ1v) is 4.49. The Hall–Kier alpha value is -0.990. The summed E-state index contributed by atoms with van der Waals surface area (Å²) in [5.74, 6) is 0.571. The lowest BCUT2D eigenvalue weighted by Gasteiger charge is -2.34. The molecule has 3 nitrogen and oxygen atoms in total. The van der Waals surface area contributed by atoms with Gasteiger partial charge in [-0.15, -0.1) is 0 Å². The number of fused-ring (bicyclic) bond motifs is 1. The van der Waals surface area contributed by atoms with E-state index in [0.717, 1.165) is 18.7 Å². The van der Waals surface area contributed by atoms with Crippen molar-refractivity contribution in [2.24, 2.45) is 5.92 Å². The molecule has 1 unspecified atom stereocenters. The van der Waals surface area contributed by atoms with E-state index in [1.54, 1.807) is 4.90 Å². The second-order valence-electron chi connectivity index (χ2n) is 3.60. The lowest BCUT2D eigenvalue weighted by molar-refractivity contribution is 0.189. The molecule has 1 saturated heterocycles. The van der Waals surface area contributed by atoms with Crippen molar-refractivity contribution in [3.8, 4) is 0 Å². The summed E-state index contributed by atoms with van der Waals surface area (Å²) >= 11 is 0. The molecule has 1 N–H and O–H groups in total. The smallest absolute Gasteiger partial charge is 0.321 e. The summed E-state index contributed by atoms with van der Waals surface area (Å²) in [6.45, 7) is 0.887. The minimum atomic E-state index is 0.0411. The molecule has 0 radical (unpaired) electrons. The van der Waals surface area contributed by atoms with Crippen LogP contribution in [0, 0.1) is 5.92 Å². The number of urea groups is 1. The summed E-state index contributed by atoms with van der Waals surface area (Å²) in [4.78, 5) is 13.0. The molecule has 66 valence electrons. The summed E-state index contributed by atoms with van der Waals surface area (Å²) in [7, 11) is 1.85. The molecule has 0 aromatic rings. The third kappa shape index (κ3) is 1.19. The molecule has 1 fully saturated rings. The van der Waals surface area contributed by atoms with Crippen LogP contribution >= 0.6 is 0 Å². The fourth-order valence-electron chi connectivity index (χ4n) is 1.92. The predicted molar refractivity (Wildman–Crippen MR) is 46.6 cm³/mol. The molecule has 3 heteroatoms. The monoisotopic (exact) mass is 166 g/mol. The van der Waals surface area contributed by atoms with Gasteiger partial charge in [0.2, 0.25) is 0 Å². The van der Waals surface area contributed by atoms with Gasteiger partial charge >= 0.3 is 6.03 Å². The molecule has 1 aliphatic carbocycles. The number of rotatable bonds is 0. The highest BCUT2D eigenvalue weighted by Gasteiger charge is 2.27. The standard InChI is InChI=1S/C9H14N2O/c1-11-6-7-4-2-3-5-8(7)10-9(11)12/h5,7H,2-4,6H2,1H3,(H,10,12). The van der Waals surface area contributed by atoms with Gasteiger partial charge in [0.1, 0.15) is 0 Å². The number of allylic oxidation sites excluding steroid dienone is 1. The number of carbonyl (C=O) groups excluding carboxylic acids is 1. The second-order valence-corrected chi connectivity index (χ2v) is 3.60. The Bertz CT molecular complexity index is 235. The van der Waals surface area contributed by atoms with Crippen LogP contribution in [0.1, 0.15) is 19.3 Å². The van der Waals surface area contributed by atoms with Gasteiger partial charge in [-0.2, -0.15) is 0 Å². The van der Waals surface area contributed by atoms with E-state index in [1.807, 2.05) is 7.05 Å². The second kappa shape index (κ2) is 2.81. The summed E-state index contributed by atoms with van der Waals surface area (Å²) in [6.07, 6.45) is 5.77. The van der Waals surface area contributed by atoms with Crippen LogP contribution in [-0.4, -0.2) is 24.5 Å². The Morgan fingerprint density at radius 2 is 2.50 bits per heavy atom. The maximum atomic E-state index is 11.2. The normalized spacial score (nSPS) is 29.1. The number of hydrogen-bond acceptors (Lipinski definition) is 1. The zero-order chi connectivity index (χ0) is 8.55. The summed E-state index contributed by atoms with van der Waals surface area (Å²) in [5.41, 5.74) is 1.16. The number of amides is 2. The van der Waals surface area contributed by atoms with Crippen LogP contribution in [0.25, 0.3) is 0 Å². The lowest BCUT2D eigenvalue weighted by Crippen LogP contribution is -2.48. The molecule has 2 rings (SSSR count). The van der Waals surface area contributed by atoms with Crippen molar-refractivity contribution in [1.82, 2.24) is 10.2 Å². The summed E-state index contributed by atoms with van der Waals surface area (Å²) in [5, 5.41) is 2.92. The lowest BCUT2D eigenvalue weighted by atomic mass is 9.90. The van der Waals surface area contributed by atoms with Crippen molar-refractivity contribution in [3.05, 3.63) is 11.8 Å². The summed E-state index contributed by atoms with van der Waals surface area (Å²) in [6, 6.07) is 0.0411. The van der Waals surface area contributed by atoms with Crippen molar-refractivity contribution < 1.29 is 4.79 Å². The zero-order valence-electron chi connectivity index (χ0n) is 7.34. The van der Waals surface area contributed by atoms with E-state index in [2.05, 4.69) is 11.4 Å². The SMILES string of the molecule is CN1CC2CCCC=C2NC1=O. The molecule has 1 heterocycles. The molecule has 12 heavy (non-hydrogen) atoms. The van der Waals surface area contributed by atoms with Gasteiger partial charge in [-0.3, -0.25) is 0 Å². The van der Waals surface area contributed by atoms with E-state index in [9.17, 15) is 4.79 Å². The largest absolute Gasteiger partial charge is 0.327 e. The number of nitrogens with zero attached hydrogens (tertiary/aromatic N) is 1. The quantitative estimate of drug-likeness (QED) is 0.578. The van der Waals surface area contributed by atoms with Crippen LogP contribution in [-0.2, 0) is 0 Å². The van der Waals surface area contributed by atoms with Crippen molar-refractivity contribution in [3.63, 3.8) is 0 Å². The molecular formula is C9H14N2O. The molecule has 0 spiro atoms. The summed E-state index contributed by atoms with van der Waals surface area (Å²) < 4.78 is 0. The van der Waals surface area contributed by atoms with Crippen LogP contribution in [0.15, 0.2) is 11.8 Å². The van der Waals surface area contributed by atoms with Gasteiger partial charge in [0.25, 0.3) is 0 Å². The van der Waals surface area contributed by atoms with Crippen LogP contribution in [0.5, 0.6) is 0 Å². The van der Waals surface area contributed by atoms with Gasteiger partial charge < -0.3 is 10.2 Å². The van der Waals surface area contributed by atoms with Crippen LogP contribution in [0.3, 0.4) is 0 Å². The maximum absolute atomic E-state index is 11.2. The van der Waals surface area contributed by atoms with E-state index in [4.69, 9.17) is 0 Å². The first-order chi connectivity index (χ1) is 5.77. The van der Waals surface area contributed by atoms with Gasteiger partial charge in [-0.05, 0) is 19.3 Å². The van der Waals surface area contributed by atoms with Gasteiger partial charge in [0.05, 0.1) is 0 Å². The molecule has 2 amide bonds. The molecule has 2 aliphatic rings. The number of carbonyl (C=O) groups is 1. The minimum Gasteiger partial charge on any atom is -0.327 e. The number of hydrogen-bond donors (Lipinski definition) is 1. The van der Waals surface area contributed by atoms with E-state index < -0.39 is 0 Å². The third-order valence-electron chi connectivity index (χ3n) is 2.65. The third-order valence-corrected chi connectivity index (χ3v) is 2.65. The van der Waals surface area contributed by atoms with Gasteiger partial charge in [0, 0.05) is 25.2 Å². The number of nitrogens with one attached hydrogen (secondary N) is 1. The van der Waals surface area contributed by atoms with Gasteiger partial charge in [-0.1, -0.05) is 6.08 Å². The molecule has 1 aliphatic heterocycles. The fraction of sp³-hybridized carbons (Fsp3) is 0.667. The first kappa shape index (κ1) is 7.65. The van der Waals surface area contributed by atoms with Crippen LogP contribution in [0.4, 0.5) is 4.79 Å². The Morgan fingerprint density at radius 3 is 3.33 bits per heavy atom. The highest BCUT2D eigenvalue weighted by atomic mass is 16.2. The van der Waals surface area contributed by atoms with Crippen molar-refractivity contribution in [1.29, 1.82) is 0 Å². The fourth-order valence-corrected chi connectivity index (χ4v) is 1.92. The first-order valence-electron chi connectivity index (χ1n) is 4.49. The molecule has 0 saturated carbocycles. The Morgan fingerprint density at radius 1 is 1.67 bits per heavy atom. The van der Waals surface area contributed by atoms with Gasteiger partial charge in [-0.25, -0.2) is 4.79 Å². The minimum absolute atomic E-state index is 0.0411. The molecule has 0 aromatic heterocycles. The van der Waals surface area contributed by atoms with E-state index in [-0.39, 0.29) is 6.03 Å². The molecule has 0 bridgehead atoms. The predicted octanol–water partition coefficient (Wildman–Crippen LogP) is 1.33. The Kier molecular flexibility index (Phi) is 1.79. The van der Waals surface area contributed by atoms with E-state index in [0.29, 0.717) is 5.92 Å². The molecule has 1 atom stereocenters. The average Bonchev–Trinajstić information content (AvgIpc) is 2.07. The molecule has 0 aromatic carbocycles. The van der Waals surface area contributed by atoms with Crippen molar-refractivity contribution in [2.45, 2.75) is 19.3 Å². The van der Waals surface area contributed by atoms with Crippen LogP contribution in [0.2, 0.25) is 0 Å². The highest BCUT2D eigenvalue weighted by molar-refractivity contribution is 5.77. The van der Waals surface area contributed by atoms with Gasteiger partial charge in [0.15, 0.2) is 0 Å². The highest BCUT2D eigenvalue weighted by Crippen LogP contribution is 2.26. The maximum Gasteiger partial charge on any atom is 0.321 e. The molecular weight excluding hydrogens is 152 g/mol. The Labute approximate surface area is 72.4 Å². The average molecular weight is 166 g/mol. The Balaban J connectivity index is 2.15. The van der Waals surface area contributed by atoms with Crippen molar-refractivity contribution >= 4 is 6.03 Å². The zero-order valence-corrected chi connectivity index (χ0v) is 7.34. The van der Waals surface area contributed by atoms with Crippen molar-refractivity contribution in [2.75, 3.05) is 13.6 Å².